The van der Waals surface area contributed by atoms with E-state index in [2.05, 4.69) is 4.99 Å². The van der Waals surface area contributed by atoms with Crippen molar-refractivity contribution in [2.75, 3.05) is 0 Å². The van der Waals surface area contributed by atoms with Crippen LogP contribution < -0.4 is 15.4 Å². The molecule has 1 aliphatic rings. The first-order valence-electron chi connectivity index (χ1n) is 11.2. The summed E-state index contributed by atoms with van der Waals surface area (Å²) in [5, 5.41) is 13.3. The van der Waals surface area contributed by atoms with Crippen LogP contribution in [0.3, 0.4) is 0 Å². The molecule has 0 atom stereocenters. The van der Waals surface area contributed by atoms with Gasteiger partial charge in [0, 0.05) is 10.2 Å². The Labute approximate surface area is 212 Å². The van der Waals surface area contributed by atoms with Crippen molar-refractivity contribution in [1.29, 1.82) is 0 Å². The van der Waals surface area contributed by atoms with Crippen LogP contribution >= 0.6 is 22.9 Å². The quantitative estimate of drug-likeness (QED) is 0.428. The zero-order chi connectivity index (χ0) is 25.0. The lowest BCUT2D eigenvalue weighted by Crippen LogP contribution is -2.26. The number of fused-ring (bicyclic) bond motifs is 1. The SMILES string of the molecule is Cc1cccc(N=c2sc(C3=c4ccc(Cl)c(C)c4=NC3=O)c(O)n2-c2cccc(C)c2C)c1C. The molecular weight excluding hydrogens is 478 g/mol. The summed E-state index contributed by atoms with van der Waals surface area (Å²) in [6, 6.07) is 15.4. The fourth-order valence-corrected chi connectivity index (χ4v) is 5.52. The van der Waals surface area contributed by atoms with Crippen LogP contribution in [0.5, 0.6) is 5.88 Å². The van der Waals surface area contributed by atoms with Gasteiger partial charge in [0.25, 0.3) is 5.91 Å². The van der Waals surface area contributed by atoms with Gasteiger partial charge in [-0.25, -0.2) is 9.98 Å². The Kier molecular flexibility index (Phi) is 5.74. The van der Waals surface area contributed by atoms with Gasteiger partial charge in [-0.2, -0.15) is 0 Å². The molecule has 4 aromatic rings. The topological polar surface area (TPSA) is 66.9 Å². The van der Waals surface area contributed by atoms with Gasteiger partial charge in [-0.3, -0.25) is 9.36 Å². The molecule has 0 spiro atoms. The third-order valence-corrected chi connectivity index (χ3v) is 8.15. The van der Waals surface area contributed by atoms with Crippen LogP contribution in [0.2, 0.25) is 5.02 Å². The van der Waals surface area contributed by atoms with Crippen LogP contribution in [0.25, 0.3) is 11.3 Å². The van der Waals surface area contributed by atoms with Gasteiger partial charge in [0.05, 0.1) is 22.3 Å². The molecule has 7 heteroatoms. The van der Waals surface area contributed by atoms with E-state index in [1.54, 1.807) is 16.7 Å². The summed E-state index contributed by atoms with van der Waals surface area (Å²) in [4.78, 5) is 23.3. The molecule has 2 heterocycles. The normalized spacial score (nSPS) is 13.4. The molecule has 5 nitrogen and oxygen atoms in total. The molecule has 0 saturated carbocycles. The van der Waals surface area contributed by atoms with E-state index >= 15 is 0 Å². The van der Waals surface area contributed by atoms with Gasteiger partial charge >= 0.3 is 0 Å². The number of benzene rings is 3. The highest BCUT2D eigenvalue weighted by Gasteiger charge is 2.27. The van der Waals surface area contributed by atoms with Crippen LogP contribution in [0.15, 0.2) is 58.5 Å². The number of aromatic nitrogens is 1. The van der Waals surface area contributed by atoms with Crippen LogP contribution in [0.1, 0.15) is 32.7 Å². The first-order chi connectivity index (χ1) is 16.7. The van der Waals surface area contributed by atoms with Crippen molar-refractivity contribution < 1.29 is 9.90 Å². The van der Waals surface area contributed by atoms with Crippen LogP contribution in [-0.4, -0.2) is 15.6 Å². The standard InChI is InChI=1S/C28H24ClN3O2S/c1-14-8-6-10-21(16(14)3)30-28-32(22-11-7-9-15(2)17(22)4)27(34)25(35-28)23-19-12-13-20(29)18(5)24(19)31-26(23)33/h6-13,34H,1-5H3. The molecule has 1 N–H and O–H groups in total. The minimum atomic E-state index is -0.395. The van der Waals surface area contributed by atoms with E-state index in [1.165, 1.54) is 11.3 Å². The van der Waals surface area contributed by atoms with Gasteiger partial charge in [0.15, 0.2) is 4.80 Å². The summed E-state index contributed by atoms with van der Waals surface area (Å²) in [6.45, 7) is 9.96. The molecule has 5 rings (SSSR count). The summed E-state index contributed by atoms with van der Waals surface area (Å²) in [7, 11) is 0. The largest absolute Gasteiger partial charge is 0.493 e. The number of carbonyl (C=O) groups excluding carboxylic acids is 1. The number of amides is 1. The number of hydrogen-bond donors (Lipinski definition) is 1. The minimum absolute atomic E-state index is 0.0354. The zero-order valence-electron chi connectivity index (χ0n) is 20.1. The van der Waals surface area contributed by atoms with Crippen molar-refractivity contribution in [3.8, 4) is 11.6 Å². The molecule has 1 aliphatic heterocycles. The van der Waals surface area contributed by atoms with E-state index in [-0.39, 0.29) is 5.88 Å². The Bertz CT molecular complexity index is 1750. The lowest BCUT2D eigenvalue weighted by Gasteiger charge is -2.11. The summed E-state index contributed by atoms with van der Waals surface area (Å²) < 4.78 is 1.73. The lowest BCUT2D eigenvalue weighted by molar-refractivity contribution is -0.112. The molecule has 176 valence electrons. The van der Waals surface area contributed by atoms with Gasteiger partial charge in [0.2, 0.25) is 5.88 Å². The van der Waals surface area contributed by atoms with Gasteiger partial charge in [0.1, 0.15) is 4.88 Å². The number of aromatic hydroxyl groups is 1. The number of hydrogen-bond acceptors (Lipinski definition) is 4. The number of carbonyl (C=O) groups is 1. The van der Waals surface area contributed by atoms with Gasteiger partial charge < -0.3 is 5.11 Å². The Balaban J connectivity index is 1.90. The van der Waals surface area contributed by atoms with E-state index in [4.69, 9.17) is 16.6 Å². The minimum Gasteiger partial charge on any atom is -0.493 e. The third-order valence-electron chi connectivity index (χ3n) is 6.70. The highest BCUT2D eigenvalue weighted by Crippen LogP contribution is 2.33. The maximum Gasteiger partial charge on any atom is 0.279 e. The first kappa shape index (κ1) is 23.3. The van der Waals surface area contributed by atoms with Gasteiger partial charge in [-0.05, 0) is 80.6 Å². The molecule has 1 aromatic heterocycles. The molecule has 0 aliphatic carbocycles. The van der Waals surface area contributed by atoms with E-state index in [9.17, 15) is 9.90 Å². The number of thiazole rings is 1. The zero-order valence-corrected chi connectivity index (χ0v) is 21.7. The second-order valence-corrected chi connectivity index (χ2v) is 10.2. The second kappa shape index (κ2) is 8.63. The molecular formula is C28H24ClN3O2S. The fraction of sp³-hybridized carbons (Fsp3) is 0.179. The average Bonchev–Trinajstić information content (AvgIpc) is 3.32. The number of aryl methyl sites for hydroxylation is 2. The molecule has 0 saturated heterocycles. The lowest BCUT2D eigenvalue weighted by atomic mass is 10.1. The molecule has 0 unspecified atom stereocenters. The van der Waals surface area contributed by atoms with E-state index < -0.39 is 5.91 Å². The number of rotatable bonds is 3. The summed E-state index contributed by atoms with van der Waals surface area (Å²) >= 11 is 7.55. The number of halogens is 1. The van der Waals surface area contributed by atoms with E-state index in [1.807, 2.05) is 71.0 Å². The predicted octanol–water partition coefficient (Wildman–Crippen LogP) is 5.03. The van der Waals surface area contributed by atoms with Crippen LogP contribution in [0, 0.1) is 34.6 Å². The van der Waals surface area contributed by atoms with Gasteiger partial charge in [-0.15, -0.1) is 0 Å². The van der Waals surface area contributed by atoms with E-state index in [0.717, 1.165) is 39.2 Å². The molecule has 0 radical (unpaired) electrons. The van der Waals surface area contributed by atoms with Crippen LogP contribution in [0.4, 0.5) is 5.69 Å². The highest BCUT2D eigenvalue weighted by atomic mass is 35.5. The third kappa shape index (κ3) is 3.74. The summed E-state index contributed by atoms with van der Waals surface area (Å²) in [5.74, 6) is -0.430. The Hall–Kier alpha value is -3.48. The Morgan fingerprint density at radius 2 is 1.60 bits per heavy atom. The summed E-state index contributed by atoms with van der Waals surface area (Å²) in [6.07, 6.45) is 0. The van der Waals surface area contributed by atoms with Crippen molar-refractivity contribution in [2.45, 2.75) is 34.6 Å². The fourth-order valence-electron chi connectivity index (χ4n) is 4.28. The Morgan fingerprint density at radius 3 is 2.34 bits per heavy atom. The maximum absolute atomic E-state index is 13.1. The van der Waals surface area contributed by atoms with Crippen molar-refractivity contribution in [1.82, 2.24) is 4.57 Å². The molecule has 1 amide bonds. The van der Waals surface area contributed by atoms with Crippen molar-refractivity contribution in [3.05, 3.63) is 102 Å². The average molecular weight is 502 g/mol. The van der Waals surface area contributed by atoms with Crippen LogP contribution in [-0.2, 0) is 4.79 Å². The van der Waals surface area contributed by atoms with Crippen molar-refractivity contribution >= 4 is 40.1 Å². The summed E-state index contributed by atoms with van der Waals surface area (Å²) in [5.41, 5.74) is 7.03. The highest BCUT2D eigenvalue weighted by molar-refractivity contribution is 7.11. The molecule has 3 aromatic carbocycles. The molecule has 35 heavy (non-hydrogen) atoms. The van der Waals surface area contributed by atoms with Crippen molar-refractivity contribution in [2.24, 2.45) is 9.98 Å². The van der Waals surface area contributed by atoms with E-state index in [0.29, 0.717) is 30.9 Å². The van der Waals surface area contributed by atoms with Crippen molar-refractivity contribution in [3.63, 3.8) is 0 Å². The first-order valence-corrected chi connectivity index (χ1v) is 12.4. The number of nitrogens with zero attached hydrogens (tertiary/aromatic N) is 3. The van der Waals surface area contributed by atoms with Gasteiger partial charge in [-0.1, -0.05) is 53.3 Å². The molecule has 0 fully saturated rings. The predicted molar refractivity (Wildman–Crippen MR) is 140 cm³/mol. The Morgan fingerprint density at radius 1 is 0.914 bits per heavy atom. The molecule has 0 bridgehead atoms. The second-order valence-electron chi connectivity index (χ2n) is 8.78. The maximum atomic E-state index is 13.1. The smallest absolute Gasteiger partial charge is 0.279 e. The monoisotopic (exact) mass is 501 g/mol.